The molecule has 0 aromatic heterocycles. The van der Waals surface area contributed by atoms with E-state index in [9.17, 15) is 9.59 Å². The molecule has 0 rings (SSSR count). The fourth-order valence-electron chi connectivity index (χ4n) is 0.946. The number of carbonyl (C=O) groups is 2. The fourth-order valence-corrected chi connectivity index (χ4v) is 0.946. The van der Waals surface area contributed by atoms with Gasteiger partial charge in [0.2, 0.25) is 0 Å². The van der Waals surface area contributed by atoms with Gasteiger partial charge in [0.25, 0.3) is 0 Å². The Hall–Kier alpha value is -1.26. The Labute approximate surface area is 90.0 Å². The van der Waals surface area contributed by atoms with Crippen LogP contribution in [0.25, 0.3) is 0 Å². The summed E-state index contributed by atoms with van der Waals surface area (Å²) in [6.45, 7) is 9.95. The zero-order chi connectivity index (χ0) is 12.4. The lowest BCUT2D eigenvalue weighted by Crippen LogP contribution is -2.50. The minimum atomic E-state index is -1.31. The van der Waals surface area contributed by atoms with Gasteiger partial charge in [0.05, 0.1) is 0 Å². The summed E-state index contributed by atoms with van der Waals surface area (Å²) in [6.07, 6.45) is -2.15. The Kier molecular flexibility index (Phi) is 3.74. The van der Waals surface area contributed by atoms with E-state index in [2.05, 4.69) is 0 Å². The van der Waals surface area contributed by atoms with E-state index in [1.807, 2.05) is 0 Å². The molecule has 0 aliphatic carbocycles. The zero-order valence-electron chi connectivity index (χ0n) is 10.1. The average Bonchev–Trinajstić information content (AvgIpc) is 1.74. The second kappa shape index (κ2) is 4.08. The molecule has 0 saturated heterocycles. The first-order valence-electron chi connectivity index (χ1n) is 4.71. The summed E-state index contributed by atoms with van der Waals surface area (Å²) in [4.78, 5) is 23.1. The number of hydrogen-bond donors (Lipinski definition) is 1. The Bertz CT molecular complexity index is 260. The number of carboxylic acid groups (broad SMARTS) is 1. The van der Waals surface area contributed by atoms with Gasteiger partial charge in [-0.3, -0.25) is 0 Å². The van der Waals surface area contributed by atoms with Crippen molar-refractivity contribution in [3.63, 3.8) is 0 Å². The first-order valence-corrected chi connectivity index (χ1v) is 4.71. The molecule has 0 radical (unpaired) electrons. The third-order valence-corrected chi connectivity index (χ3v) is 1.44. The monoisotopic (exact) mass is 217 g/mol. The van der Waals surface area contributed by atoms with Gasteiger partial charge in [0.1, 0.15) is 5.60 Å². The van der Waals surface area contributed by atoms with Crippen molar-refractivity contribution in [2.45, 2.75) is 52.7 Å². The Morgan fingerprint density at radius 2 is 1.47 bits per heavy atom. The largest absolute Gasteiger partial charge is 0.465 e. The first kappa shape index (κ1) is 13.7. The number of amides is 2. The van der Waals surface area contributed by atoms with Crippen molar-refractivity contribution in [3.05, 3.63) is 0 Å². The highest BCUT2D eigenvalue weighted by Gasteiger charge is 2.35. The molecule has 1 N–H and O–H groups in total. The molecular weight excluding hydrogens is 198 g/mol. The molecule has 2 amide bonds. The second-order valence-electron chi connectivity index (χ2n) is 5.27. The molecule has 5 heteroatoms. The number of ether oxygens (including phenoxy) is 1. The van der Waals surface area contributed by atoms with Gasteiger partial charge in [0.15, 0.2) is 0 Å². The van der Waals surface area contributed by atoms with Crippen LogP contribution in [0.1, 0.15) is 41.5 Å². The molecule has 5 nitrogen and oxygen atoms in total. The van der Waals surface area contributed by atoms with E-state index in [0.29, 0.717) is 4.90 Å². The van der Waals surface area contributed by atoms with Crippen molar-refractivity contribution >= 4 is 12.2 Å². The van der Waals surface area contributed by atoms with Gasteiger partial charge in [-0.25, -0.2) is 14.5 Å². The predicted molar refractivity (Wildman–Crippen MR) is 55.9 cm³/mol. The molecule has 15 heavy (non-hydrogen) atoms. The molecule has 0 saturated carbocycles. The van der Waals surface area contributed by atoms with Crippen LogP contribution in [0.5, 0.6) is 0 Å². The summed E-state index contributed by atoms with van der Waals surface area (Å²) in [6, 6.07) is 0. The van der Waals surface area contributed by atoms with E-state index in [0.717, 1.165) is 0 Å². The van der Waals surface area contributed by atoms with E-state index < -0.39 is 23.3 Å². The van der Waals surface area contributed by atoms with Crippen molar-refractivity contribution in [3.8, 4) is 0 Å². The van der Waals surface area contributed by atoms with Crippen molar-refractivity contribution in [2.75, 3.05) is 0 Å². The number of imide groups is 1. The SMILES string of the molecule is CC(C)(C)OC(=O)N(C(=O)O)C(C)(C)C. The molecule has 0 heterocycles. The minimum absolute atomic E-state index is 0.679. The van der Waals surface area contributed by atoms with Crippen molar-refractivity contribution in [1.29, 1.82) is 0 Å². The average molecular weight is 217 g/mol. The topological polar surface area (TPSA) is 66.8 Å². The molecule has 0 aromatic carbocycles. The molecule has 0 spiro atoms. The summed E-state index contributed by atoms with van der Waals surface area (Å²) < 4.78 is 4.99. The lowest BCUT2D eigenvalue weighted by molar-refractivity contribution is 0.0107. The van der Waals surface area contributed by atoms with Crippen molar-refractivity contribution in [2.24, 2.45) is 0 Å². The smallest absolute Gasteiger partial charge is 0.420 e. The maximum absolute atomic E-state index is 11.6. The standard InChI is InChI=1S/C10H19NO4/c1-9(2,3)11(7(12)13)8(14)15-10(4,5)6/h1-6H3,(H,12,13). The Morgan fingerprint density at radius 1 is 1.07 bits per heavy atom. The second-order valence-corrected chi connectivity index (χ2v) is 5.27. The number of hydrogen-bond acceptors (Lipinski definition) is 3. The van der Waals surface area contributed by atoms with E-state index >= 15 is 0 Å². The van der Waals surface area contributed by atoms with Crippen LogP contribution in [0, 0.1) is 0 Å². The van der Waals surface area contributed by atoms with E-state index in [4.69, 9.17) is 9.84 Å². The van der Waals surface area contributed by atoms with Gasteiger partial charge in [-0.05, 0) is 41.5 Å². The molecule has 88 valence electrons. The van der Waals surface area contributed by atoms with Crippen LogP contribution in [0.2, 0.25) is 0 Å². The maximum Gasteiger partial charge on any atom is 0.420 e. The normalized spacial score (nSPS) is 12.1. The molecule has 0 atom stereocenters. The highest BCUT2D eigenvalue weighted by atomic mass is 16.6. The molecular formula is C10H19NO4. The van der Waals surface area contributed by atoms with Crippen molar-refractivity contribution in [1.82, 2.24) is 4.90 Å². The molecule has 0 fully saturated rings. The van der Waals surface area contributed by atoms with Crippen molar-refractivity contribution < 1.29 is 19.4 Å². The summed E-state index contributed by atoms with van der Waals surface area (Å²) in [5.41, 5.74) is -1.51. The quantitative estimate of drug-likeness (QED) is 0.677. The minimum Gasteiger partial charge on any atom is -0.465 e. The van der Waals surface area contributed by atoms with Gasteiger partial charge in [0, 0.05) is 5.54 Å². The summed E-state index contributed by atoms with van der Waals surface area (Å²) >= 11 is 0. The van der Waals surface area contributed by atoms with Crippen LogP contribution < -0.4 is 0 Å². The van der Waals surface area contributed by atoms with E-state index in [1.165, 1.54) is 0 Å². The van der Waals surface area contributed by atoms with Gasteiger partial charge in [-0.2, -0.15) is 0 Å². The summed E-state index contributed by atoms with van der Waals surface area (Å²) in [7, 11) is 0. The number of nitrogens with zero attached hydrogens (tertiary/aromatic N) is 1. The highest BCUT2D eigenvalue weighted by Crippen LogP contribution is 2.18. The van der Waals surface area contributed by atoms with E-state index in [1.54, 1.807) is 41.5 Å². The molecule has 0 aliphatic heterocycles. The van der Waals surface area contributed by atoms with Crippen LogP contribution in [-0.4, -0.2) is 33.3 Å². The Morgan fingerprint density at radius 3 is 1.67 bits per heavy atom. The molecule has 0 bridgehead atoms. The predicted octanol–water partition coefficient (Wildman–Crippen LogP) is 2.70. The van der Waals surface area contributed by atoms with Crippen LogP contribution in [-0.2, 0) is 4.74 Å². The van der Waals surface area contributed by atoms with Gasteiger partial charge in [-0.1, -0.05) is 0 Å². The first-order chi connectivity index (χ1) is 6.45. The summed E-state index contributed by atoms with van der Waals surface area (Å²) in [5.74, 6) is 0. The van der Waals surface area contributed by atoms with Crippen LogP contribution >= 0.6 is 0 Å². The van der Waals surface area contributed by atoms with Gasteiger partial charge in [-0.15, -0.1) is 0 Å². The fraction of sp³-hybridized carbons (Fsp3) is 0.800. The number of carbonyl (C=O) groups excluding carboxylic acids is 1. The maximum atomic E-state index is 11.6. The molecule has 0 aliphatic rings. The lowest BCUT2D eigenvalue weighted by atomic mass is 10.1. The van der Waals surface area contributed by atoms with Crippen LogP contribution in [0.15, 0.2) is 0 Å². The zero-order valence-corrected chi connectivity index (χ0v) is 10.1. The number of rotatable bonds is 0. The summed E-state index contributed by atoms with van der Waals surface area (Å²) in [5, 5.41) is 8.90. The Balaban J connectivity index is 4.82. The van der Waals surface area contributed by atoms with Gasteiger partial charge >= 0.3 is 12.2 Å². The van der Waals surface area contributed by atoms with Crippen LogP contribution in [0.4, 0.5) is 9.59 Å². The third kappa shape index (κ3) is 4.67. The van der Waals surface area contributed by atoms with E-state index in [-0.39, 0.29) is 0 Å². The lowest BCUT2D eigenvalue weighted by Gasteiger charge is -2.32. The van der Waals surface area contributed by atoms with Gasteiger partial charge < -0.3 is 9.84 Å². The van der Waals surface area contributed by atoms with Crippen LogP contribution in [0.3, 0.4) is 0 Å². The molecule has 0 unspecified atom stereocenters. The highest BCUT2D eigenvalue weighted by molar-refractivity contribution is 5.87. The third-order valence-electron chi connectivity index (χ3n) is 1.44. The molecule has 0 aromatic rings.